The molecule has 0 saturated heterocycles. The summed E-state index contributed by atoms with van der Waals surface area (Å²) in [6.45, 7) is 2.58. The second kappa shape index (κ2) is 6.09. The van der Waals surface area contributed by atoms with Crippen molar-refractivity contribution in [1.82, 2.24) is 20.6 Å². The normalized spacial score (nSPS) is 19.9. The van der Waals surface area contributed by atoms with Gasteiger partial charge in [-0.1, -0.05) is 24.3 Å². The topological polar surface area (TPSA) is 69.8 Å². The van der Waals surface area contributed by atoms with Crippen molar-refractivity contribution in [3.8, 4) is 0 Å². The van der Waals surface area contributed by atoms with E-state index in [2.05, 4.69) is 32.7 Å². The van der Waals surface area contributed by atoms with E-state index in [1.165, 1.54) is 10.9 Å². The molecular formula is C19H20N4O. The summed E-state index contributed by atoms with van der Waals surface area (Å²) in [5, 5.41) is 7.61. The molecule has 1 amide bonds. The zero-order valence-corrected chi connectivity index (χ0v) is 13.5. The molecule has 5 nitrogen and oxygen atoms in total. The summed E-state index contributed by atoms with van der Waals surface area (Å²) in [7, 11) is 0. The summed E-state index contributed by atoms with van der Waals surface area (Å²) in [5.41, 5.74) is 4.51. The van der Waals surface area contributed by atoms with Crippen molar-refractivity contribution in [3.05, 3.63) is 65.6 Å². The number of amides is 1. The van der Waals surface area contributed by atoms with Crippen molar-refractivity contribution < 1.29 is 4.79 Å². The minimum absolute atomic E-state index is 0.0438. The van der Waals surface area contributed by atoms with E-state index in [1.807, 2.05) is 37.4 Å². The first kappa shape index (κ1) is 14.9. The van der Waals surface area contributed by atoms with Gasteiger partial charge in [-0.05, 0) is 36.6 Å². The molecule has 3 N–H and O–H groups in total. The SMILES string of the molecule is CCNC(=O)[C@@H]1Cc2c([nH]c3ccccc23)C(c2cccnc2)N1. The van der Waals surface area contributed by atoms with E-state index >= 15 is 0 Å². The molecule has 2 atom stereocenters. The van der Waals surface area contributed by atoms with Gasteiger partial charge in [0.05, 0.1) is 12.1 Å². The first-order valence-corrected chi connectivity index (χ1v) is 8.31. The second-order valence-corrected chi connectivity index (χ2v) is 6.10. The molecule has 0 aliphatic carbocycles. The van der Waals surface area contributed by atoms with Crippen molar-refractivity contribution in [2.24, 2.45) is 0 Å². The van der Waals surface area contributed by atoms with Gasteiger partial charge < -0.3 is 10.3 Å². The number of rotatable bonds is 3. The molecule has 1 aliphatic heterocycles. The quantitative estimate of drug-likeness (QED) is 0.693. The number of fused-ring (bicyclic) bond motifs is 3. The van der Waals surface area contributed by atoms with Gasteiger partial charge in [-0.25, -0.2) is 0 Å². The predicted molar refractivity (Wildman–Crippen MR) is 93.7 cm³/mol. The molecule has 0 spiro atoms. The van der Waals surface area contributed by atoms with Crippen LogP contribution in [0.1, 0.15) is 29.8 Å². The molecule has 2 aromatic heterocycles. The summed E-state index contributed by atoms with van der Waals surface area (Å²) in [6, 6.07) is 11.9. The lowest BCUT2D eigenvalue weighted by Crippen LogP contribution is -2.49. The molecule has 5 heteroatoms. The first-order valence-electron chi connectivity index (χ1n) is 8.31. The summed E-state index contributed by atoms with van der Waals surface area (Å²) >= 11 is 0. The number of benzene rings is 1. The van der Waals surface area contributed by atoms with Gasteiger partial charge >= 0.3 is 0 Å². The Morgan fingerprint density at radius 3 is 2.96 bits per heavy atom. The van der Waals surface area contributed by atoms with Crippen LogP contribution in [0.4, 0.5) is 0 Å². The van der Waals surface area contributed by atoms with Crippen molar-refractivity contribution in [3.63, 3.8) is 0 Å². The van der Waals surface area contributed by atoms with E-state index in [0.717, 1.165) is 16.8 Å². The van der Waals surface area contributed by atoms with E-state index < -0.39 is 0 Å². The van der Waals surface area contributed by atoms with Crippen LogP contribution < -0.4 is 10.6 Å². The number of likely N-dealkylation sites (N-methyl/N-ethyl adjacent to an activating group) is 1. The van der Waals surface area contributed by atoms with Crippen LogP contribution in [0.5, 0.6) is 0 Å². The molecule has 3 heterocycles. The Kier molecular flexibility index (Phi) is 3.78. The number of pyridine rings is 1. The number of carbonyl (C=O) groups excluding carboxylic acids is 1. The molecule has 3 aromatic rings. The van der Waals surface area contributed by atoms with E-state index in [-0.39, 0.29) is 18.0 Å². The molecule has 0 radical (unpaired) electrons. The third-order valence-electron chi connectivity index (χ3n) is 4.60. The van der Waals surface area contributed by atoms with Crippen LogP contribution in [0.2, 0.25) is 0 Å². The van der Waals surface area contributed by atoms with Gasteiger partial charge in [-0.3, -0.25) is 15.1 Å². The average molecular weight is 320 g/mol. The highest BCUT2D eigenvalue weighted by atomic mass is 16.2. The molecule has 0 saturated carbocycles. The van der Waals surface area contributed by atoms with Gasteiger partial charge in [0.2, 0.25) is 5.91 Å². The van der Waals surface area contributed by atoms with Crippen LogP contribution in [0.3, 0.4) is 0 Å². The Morgan fingerprint density at radius 1 is 1.29 bits per heavy atom. The molecule has 0 bridgehead atoms. The number of hydrogen-bond donors (Lipinski definition) is 3. The molecular weight excluding hydrogens is 300 g/mol. The van der Waals surface area contributed by atoms with E-state index in [1.54, 1.807) is 6.20 Å². The largest absolute Gasteiger partial charge is 0.357 e. The summed E-state index contributed by atoms with van der Waals surface area (Å²) in [5.74, 6) is 0.0438. The molecule has 1 aliphatic rings. The van der Waals surface area contributed by atoms with Crippen LogP contribution in [0, 0.1) is 0 Å². The molecule has 122 valence electrons. The number of nitrogens with one attached hydrogen (secondary N) is 3. The summed E-state index contributed by atoms with van der Waals surface area (Å²) in [4.78, 5) is 20.2. The Hall–Kier alpha value is -2.66. The van der Waals surface area contributed by atoms with E-state index in [0.29, 0.717) is 13.0 Å². The molecule has 24 heavy (non-hydrogen) atoms. The van der Waals surface area contributed by atoms with Crippen molar-refractivity contribution >= 4 is 16.8 Å². The number of H-pyrrole nitrogens is 1. The fourth-order valence-corrected chi connectivity index (χ4v) is 3.51. The van der Waals surface area contributed by atoms with Gasteiger partial charge in [0.15, 0.2) is 0 Å². The average Bonchev–Trinajstić information content (AvgIpc) is 3.00. The van der Waals surface area contributed by atoms with Crippen LogP contribution >= 0.6 is 0 Å². The standard InChI is InChI=1S/C19H20N4O/c1-2-21-19(24)16-10-14-13-7-3-4-8-15(13)22-18(14)17(23-16)12-6-5-9-20-11-12/h3-9,11,16-17,22-23H,2,10H2,1H3,(H,21,24)/t16-,17?/m0/s1. The van der Waals surface area contributed by atoms with Crippen LogP contribution in [0.25, 0.3) is 10.9 Å². The number of nitrogens with zero attached hydrogens (tertiary/aromatic N) is 1. The Morgan fingerprint density at radius 2 is 2.17 bits per heavy atom. The predicted octanol–water partition coefficient (Wildman–Crippen LogP) is 2.30. The van der Waals surface area contributed by atoms with Crippen LogP contribution in [-0.2, 0) is 11.2 Å². The van der Waals surface area contributed by atoms with Crippen molar-refractivity contribution in [2.45, 2.75) is 25.4 Å². The van der Waals surface area contributed by atoms with Gasteiger partial charge in [0.1, 0.15) is 0 Å². The zero-order chi connectivity index (χ0) is 16.5. The van der Waals surface area contributed by atoms with E-state index in [9.17, 15) is 4.79 Å². The number of aromatic nitrogens is 2. The fourth-order valence-electron chi connectivity index (χ4n) is 3.51. The van der Waals surface area contributed by atoms with Crippen LogP contribution in [-0.4, -0.2) is 28.5 Å². The maximum absolute atomic E-state index is 12.4. The zero-order valence-electron chi connectivity index (χ0n) is 13.5. The summed E-state index contributed by atoms with van der Waals surface area (Å²) < 4.78 is 0. The highest BCUT2D eigenvalue weighted by molar-refractivity contribution is 5.88. The Labute approximate surface area is 140 Å². The molecule has 4 rings (SSSR count). The first-order chi connectivity index (χ1) is 11.8. The van der Waals surface area contributed by atoms with Crippen LogP contribution in [0.15, 0.2) is 48.8 Å². The van der Waals surface area contributed by atoms with Gasteiger partial charge in [-0.2, -0.15) is 0 Å². The van der Waals surface area contributed by atoms with Gasteiger partial charge in [0, 0.05) is 35.5 Å². The van der Waals surface area contributed by atoms with E-state index in [4.69, 9.17) is 0 Å². The third-order valence-corrected chi connectivity index (χ3v) is 4.60. The van der Waals surface area contributed by atoms with Crippen molar-refractivity contribution in [2.75, 3.05) is 6.54 Å². The number of carbonyl (C=O) groups is 1. The maximum atomic E-state index is 12.4. The monoisotopic (exact) mass is 320 g/mol. The highest BCUT2D eigenvalue weighted by Crippen LogP contribution is 2.34. The Balaban J connectivity index is 1.83. The highest BCUT2D eigenvalue weighted by Gasteiger charge is 2.33. The summed E-state index contributed by atoms with van der Waals surface area (Å²) in [6.07, 6.45) is 4.30. The molecule has 1 aromatic carbocycles. The fraction of sp³-hybridized carbons (Fsp3) is 0.263. The Bertz CT molecular complexity index is 871. The lowest BCUT2D eigenvalue weighted by molar-refractivity contribution is -0.123. The second-order valence-electron chi connectivity index (χ2n) is 6.10. The smallest absolute Gasteiger partial charge is 0.237 e. The minimum atomic E-state index is -0.248. The minimum Gasteiger partial charge on any atom is -0.357 e. The van der Waals surface area contributed by atoms with Crippen molar-refractivity contribution in [1.29, 1.82) is 0 Å². The third kappa shape index (κ3) is 2.47. The molecule has 1 unspecified atom stereocenters. The van der Waals surface area contributed by atoms with Gasteiger partial charge in [-0.15, -0.1) is 0 Å². The number of hydrogen-bond acceptors (Lipinski definition) is 3. The molecule has 0 fully saturated rings. The maximum Gasteiger partial charge on any atom is 0.237 e. The number of para-hydroxylation sites is 1. The van der Waals surface area contributed by atoms with Gasteiger partial charge in [0.25, 0.3) is 0 Å². The lowest BCUT2D eigenvalue weighted by Gasteiger charge is -2.30. The number of aromatic amines is 1. The lowest BCUT2D eigenvalue weighted by atomic mass is 9.90.